The van der Waals surface area contributed by atoms with Gasteiger partial charge in [0.05, 0.1) is 0 Å². The highest BCUT2D eigenvalue weighted by molar-refractivity contribution is 5.68. The molecule has 136 valence electrons. The summed E-state index contributed by atoms with van der Waals surface area (Å²) < 4.78 is 10.4. The average molecular weight is 331 g/mol. The number of carbonyl (C=O) groups is 2. The molecule has 0 heterocycles. The van der Waals surface area contributed by atoms with Crippen LogP contribution in [0.3, 0.4) is 0 Å². The molecule has 23 heavy (non-hydrogen) atoms. The van der Waals surface area contributed by atoms with E-state index in [4.69, 9.17) is 9.47 Å². The zero-order valence-electron chi connectivity index (χ0n) is 15.5. The third-order valence-corrected chi connectivity index (χ3v) is 2.57. The molecule has 0 aliphatic heterocycles. The van der Waals surface area contributed by atoms with Crippen LogP contribution in [0.2, 0.25) is 0 Å². The lowest BCUT2D eigenvalue weighted by atomic mass is 10.2. The number of hydrogen-bond acceptors (Lipinski definition) is 5. The van der Waals surface area contributed by atoms with Gasteiger partial charge in [-0.15, -0.1) is 0 Å². The number of ether oxygens (including phenoxy) is 2. The van der Waals surface area contributed by atoms with Gasteiger partial charge in [-0.25, -0.2) is 9.59 Å². The van der Waals surface area contributed by atoms with Crippen LogP contribution >= 0.6 is 0 Å². The van der Waals surface area contributed by atoms with Crippen molar-refractivity contribution in [2.45, 2.75) is 72.1 Å². The van der Waals surface area contributed by atoms with Gasteiger partial charge >= 0.3 is 12.2 Å². The molecule has 0 aliphatic rings. The summed E-state index contributed by atoms with van der Waals surface area (Å²) in [7, 11) is 0. The molecule has 2 amide bonds. The minimum atomic E-state index is -0.507. The summed E-state index contributed by atoms with van der Waals surface area (Å²) in [6, 6.07) is -0.0219. The van der Waals surface area contributed by atoms with Crippen molar-refractivity contribution in [3.8, 4) is 0 Å². The fraction of sp³-hybridized carbons (Fsp3) is 0.875. The third kappa shape index (κ3) is 13.9. The quantitative estimate of drug-likeness (QED) is 0.623. The second-order valence-corrected chi connectivity index (χ2v) is 7.38. The lowest BCUT2D eigenvalue weighted by molar-refractivity contribution is 0.0501. The van der Waals surface area contributed by atoms with Crippen molar-refractivity contribution in [1.82, 2.24) is 16.0 Å². The van der Waals surface area contributed by atoms with Gasteiger partial charge in [-0.3, -0.25) is 0 Å². The van der Waals surface area contributed by atoms with E-state index in [1.165, 1.54) is 0 Å². The van der Waals surface area contributed by atoms with Gasteiger partial charge in [0, 0.05) is 25.7 Å². The molecule has 0 spiro atoms. The van der Waals surface area contributed by atoms with E-state index in [2.05, 4.69) is 16.0 Å². The van der Waals surface area contributed by atoms with E-state index in [0.29, 0.717) is 19.6 Å². The molecule has 0 fully saturated rings. The van der Waals surface area contributed by atoms with Crippen LogP contribution in [0, 0.1) is 0 Å². The first-order chi connectivity index (χ1) is 10.4. The van der Waals surface area contributed by atoms with E-state index in [0.717, 1.165) is 6.42 Å². The second-order valence-electron chi connectivity index (χ2n) is 7.38. The zero-order valence-corrected chi connectivity index (χ0v) is 15.5. The molecule has 0 aromatic heterocycles. The van der Waals surface area contributed by atoms with E-state index in [1.807, 2.05) is 48.5 Å². The van der Waals surface area contributed by atoms with Gasteiger partial charge in [-0.2, -0.15) is 0 Å². The van der Waals surface area contributed by atoms with Gasteiger partial charge in [0.2, 0.25) is 0 Å². The number of nitrogens with one attached hydrogen (secondary N) is 3. The molecule has 0 rings (SSSR count). The molecule has 0 saturated heterocycles. The fourth-order valence-corrected chi connectivity index (χ4v) is 1.62. The van der Waals surface area contributed by atoms with Gasteiger partial charge < -0.3 is 25.4 Å². The Hall–Kier alpha value is -1.50. The molecule has 0 bridgehead atoms. The highest BCUT2D eigenvalue weighted by atomic mass is 16.6. The van der Waals surface area contributed by atoms with Crippen LogP contribution in [-0.4, -0.2) is 49.1 Å². The normalized spacial score (nSPS) is 13.2. The Morgan fingerprint density at radius 2 is 1.43 bits per heavy atom. The standard InChI is InChI=1S/C16H33N3O4/c1-8-12(19-14(21)23-16(5,6)7)11-17-9-10-18-13(20)22-15(2,3)4/h12,17H,8-11H2,1-7H3,(H,18,20)(H,19,21). The maximum absolute atomic E-state index is 11.7. The van der Waals surface area contributed by atoms with E-state index >= 15 is 0 Å². The lowest BCUT2D eigenvalue weighted by Gasteiger charge is -2.23. The highest BCUT2D eigenvalue weighted by Crippen LogP contribution is 2.07. The van der Waals surface area contributed by atoms with Crippen LogP contribution in [-0.2, 0) is 9.47 Å². The number of alkyl carbamates (subject to hydrolysis) is 2. The first-order valence-electron chi connectivity index (χ1n) is 8.10. The Balaban J connectivity index is 3.88. The van der Waals surface area contributed by atoms with Crippen molar-refractivity contribution in [1.29, 1.82) is 0 Å². The molecular weight excluding hydrogens is 298 g/mol. The summed E-state index contributed by atoms with van der Waals surface area (Å²) in [6.45, 7) is 14.6. The molecule has 7 heteroatoms. The number of carbonyl (C=O) groups excluding carboxylic acids is 2. The first-order valence-corrected chi connectivity index (χ1v) is 8.10. The van der Waals surface area contributed by atoms with E-state index < -0.39 is 23.4 Å². The Labute approximate surface area is 139 Å². The van der Waals surface area contributed by atoms with Crippen LogP contribution in [0.5, 0.6) is 0 Å². The van der Waals surface area contributed by atoms with Crippen molar-refractivity contribution in [2.24, 2.45) is 0 Å². The predicted octanol–water partition coefficient (Wildman–Crippen LogP) is 2.40. The van der Waals surface area contributed by atoms with Crippen molar-refractivity contribution in [3.63, 3.8) is 0 Å². The van der Waals surface area contributed by atoms with Crippen LogP contribution in [0.4, 0.5) is 9.59 Å². The Bertz CT molecular complexity index is 373. The molecule has 0 aromatic rings. The van der Waals surface area contributed by atoms with Crippen molar-refractivity contribution in [3.05, 3.63) is 0 Å². The summed E-state index contributed by atoms with van der Waals surface area (Å²) in [6.07, 6.45) is -0.0672. The number of hydrogen-bond donors (Lipinski definition) is 3. The topological polar surface area (TPSA) is 88.7 Å². The Morgan fingerprint density at radius 1 is 0.913 bits per heavy atom. The molecule has 0 radical (unpaired) electrons. The Morgan fingerprint density at radius 3 is 1.91 bits per heavy atom. The third-order valence-electron chi connectivity index (χ3n) is 2.57. The van der Waals surface area contributed by atoms with Crippen LogP contribution in [0.25, 0.3) is 0 Å². The van der Waals surface area contributed by atoms with Crippen LogP contribution in [0.15, 0.2) is 0 Å². The van der Waals surface area contributed by atoms with Crippen LogP contribution in [0.1, 0.15) is 54.9 Å². The van der Waals surface area contributed by atoms with E-state index in [-0.39, 0.29) is 6.04 Å². The molecule has 0 saturated carbocycles. The summed E-state index contributed by atoms with van der Waals surface area (Å²) in [5, 5.41) is 8.67. The molecule has 1 atom stereocenters. The highest BCUT2D eigenvalue weighted by Gasteiger charge is 2.18. The van der Waals surface area contributed by atoms with Crippen molar-refractivity contribution >= 4 is 12.2 Å². The molecule has 7 nitrogen and oxygen atoms in total. The predicted molar refractivity (Wildman–Crippen MR) is 90.6 cm³/mol. The van der Waals surface area contributed by atoms with Gasteiger partial charge in [-0.1, -0.05) is 6.92 Å². The molecular formula is C16H33N3O4. The number of amides is 2. The van der Waals surface area contributed by atoms with Gasteiger partial charge in [-0.05, 0) is 48.0 Å². The van der Waals surface area contributed by atoms with Crippen molar-refractivity contribution < 1.29 is 19.1 Å². The molecule has 0 aromatic carbocycles. The largest absolute Gasteiger partial charge is 0.444 e. The smallest absolute Gasteiger partial charge is 0.407 e. The van der Waals surface area contributed by atoms with Crippen molar-refractivity contribution in [2.75, 3.05) is 19.6 Å². The maximum atomic E-state index is 11.7. The lowest BCUT2D eigenvalue weighted by Crippen LogP contribution is -2.45. The molecule has 3 N–H and O–H groups in total. The van der Waals surface area contributed by atoms with E-state index in [9.17, 15) is 9.59 Å². The SMILES string of the molecule is CCC(CNCCNC(=O)OC(C)(C)C)NC(=O)OC(C)(C)C. The van der Waals surface area contributed by atoms with Gasteiger partial charge in [0.25, 0.3) is 0 Å². The minimum absolute atomic E-state index is 0.0219. The summed E-state index contributed by atoms with van der Waals surface area (Å²) in [5.41, 5.74) is -1.00. The van der Waals surface area contributed by atoms with E-state index in [1.54, 1.807) is 0 Å². The number of rotatable bonds is 7. The fourth-order valence-electron chi connectivity index (χ4n) is 1.62. The monoisotopic (exact) mass is 331 g/mol. The van der Waals surface area contributed by atoms with Crippen LogP contribution < -0.4 is 16.0 Å². The van der Waals surface area contributed by atoms with Gasteiger partial charge in [0.1, 0.15) is 11.2 Å². The average Bonchev–Trinajstić information content (AvgIpc) is 2.32. The maximum Gasteiger partial charge on any atom is 0.407 e. The van der Waals surface area contributed by atoms with Gasteiger partial charge in [0.15, 0.2) is 0 Å². The summed E-state index contributed by atoms with van der Waals surface area (Å²) >= 11 is 0. The zero-order chi connectivity index (χ0) is 18.1. The second kappa shape index (κ2) is 9.60. The summed E-state index contributed by atoms with van der Waals surface area (Å²) in [4.78, 5) is 23.2. The minimum Gasteiger partial charge on any atom is -0.444 e. The molecule has 0 aliphatic carbocycles. The first kappa shape index (κ1) is 21.5. The molecule has 1 unspecified atom stereocenters. The Kier molecular flexibility index (Phi) is 8.97. The summed E-state index contributed by atoms with van der Waals surface area (Å²) in [5.74, 6) is 0.